The minimum Gasteiger partial charge on any atom is -0.505 e. The summed E-state index contributed by atoms with van der Waals surface area (Å²) in [6.45, 7) is 1.70. The Hall–Kier alpha value is -1.36. The molecule has 0 aromatic heterocycles. The van der Waals surface area contributed by atoms with Crippen molar-refractivity contribution in [2.45, 2.75) is 45.1 Å². The van der Waals surface area contributed by atoms with Gasteiger partial charge in [-0.1, -0.05) is 31.4 Å². The highest BCUT2D eigenvalue weighted by atomic mass is 35.5. The summed E-state index contributed by atoms with van der Waals surface area (Å²) in [5.41, 5.74) is -0.381. The van der Waals surface area contributed by atoms with E-state index in [2.05, 4.69) is 5.32 Å². The normalized spacial score (nSPS) is 17.0. The average molecular weight is 318 g/mol. The van der Waals surface area contributed by atoms with Gasteiger partial charge < -0.3 is 10.4 Å². The summed E-state index contributed by atoms with van der Waals surface area (Å²) in [6.07, 6.45) is 3.89. The number of phenols is 1. The Morgan fingerprint density at radius 2 is 2.05 bits per heavy atom. The Morgan fingerprint density at radius 1 is 1.43 bits per heavy atom. The molecule has 1 fully saturated rings. The summed E-state index contributed by atoms with van der Waals surface area (Å²) in [5, 5.41) is 11.8. The van der Waals surface area contributed by atoms with Crippen molar-refractivity contribution < 1.29 is 18.7 Å². The van der Waals surface area contributed by atoms with Gasteiger partial charge in [-0.05, 0) is 19.3 Å². The zero-order valence-electron chi connectivity index (χ0n) is 11.8. The molecule has 0 spiro atoms. The number of halogens is 3. The Morgan fingerprint density at radius 3 is 2.62 bits per heavy atom. The fraction of sp³-hybridized carbons (Fsp3) is 0.533. The van der Waals surface area contributed by atoms with E-state index in [9.17, 15) is 18.7 Å². The van der Waals surface area contributed by atoms with Gasteiger partial charge in [0.25, 0.3) is 0 Å². The number of phenolic OH excluding ortho intramolecular Hbond substituents is 1. The maximum atomic E-state index is 14.1. The SMILES string of the molecule is CCC(NC(=O)C1CCCC1)c1c(F)c(O)cc(Cl)c1F. The molecule has 0 aliphatic heterocycles. The van der Waals surface area contributed by atoms with Crippen molar-refractivity contribution in [3.05, 3.63) is 28.3 Å². The van der Waals surface area contributed by atoms with Gasteiger partial charge in [-0.25, -0.2) is 8.78 Å². The Bertz CT molecular complexity index is 519. The van der Waals surface area contributed by atoms with Gasteiger partial charge in [-0.2, -0.15) is 0 Å². The predicted molar refractivity (Wildman–Crippen MR) is 76.2 cm³/mol. The molecule has 116 valence electrons. The second-order valence-electron chi connectivity index (χ2n) is 5.37. The Balaban J connectivity index is 2.27. The van der Waals surface area contributed by atoms with E-state index < -0.39 is 23.4 Å². The van der Waals surface area contributed by atoms with Gasteiger partial charge in [-0.15, -0.1) is 0 Å². The molecule has 1 aromatic rings. The highest BCUT2D eigenvalue weighted by molar-refractivity contribution is 6.31. The van der Waals surface area contributed by atoms with Crippen LogP contribution in [0.25, 0.3) is 0 Å². The lowest BCUT2D eigenvalue weighted by molar-refractivity contribution is -0.125. The number of nitrogens with one attached hydrogen (secondary N) is 1. The second kappa shape index (κ2) is 6.60. The third-order valence-electron chi connectivity index (χ3n) is 3.97. The van der Waals surface area contributed by atoms with Crippen molar-refractivity contribution in [2.75, 3.05) is 0 Å². The van der Waals surface area contributed by atoms with Gasteiger partial charge in [0.15, 0.2) is 11.6 Å². The van der Waals surface area contributed by atoms with Crippen LogP contribution in [-0.4, -0.2) is 11.0 Å². The number of carbonyl (C=O) groups excluding carboxylic acids is 1. The van der Waals surface area contributed by atoms with Crippen LogP contribution in [-0.2, 0) is 4.79 Å². The molecule has 6 heteroatoms. The van der Waals surface area contributed by atoms with Crippen molar-refractivity contribution in [3.63, 3.8) is 0 Å². The number of aromatic hydroxyl groups is 1. The van der Waals surface area contributed by atoms with E-state index in [4.69, 9.17) is 11.6 Å². The Kier molecular flexibility index (Phi) is 5.04. The lowest BCUT2D eigenvalue weighted by Crippen LogP contribution is -2.33. The van der Waals surface area contributed by atoms with E-state index >= 15 is 0 Å². The lowest BCUT2D eigenvalue weighted by atomic mass is 10.0. The monoisotopic (exact) mass is 317 g/mol. The third kappa shape index (κ3) is 3.28. The molecule has 1 unspecified atom stereocenters. The van der Waals surface area contributed by atoms with Crippen molar-refractivity contribution in [1.82, 2.24) is 5.32 Å². The summed E-state index contributed by atoms with van der Waals surface area (Å²) in [6, 6.07) is -0.0241. The number of rotatable bonds is 4. The molecular weight excluding hydrogens is 300 g/mol. The van der Waals surface area contributed by atoms with E-state index in [1.54, 1.807) is 6.92 Å². The number of hydrogen-bond acceptors (Lipinski definition) is 2. The van der Waals surface area contributed by atoms with E-state index in [0.717, 1.165) is 31.7 Å². The highest BCUT2D eigenvalue weighted by Crippen LogP contribution is 2.34. The first-order valence-electron chi connectivity index (χ1n) is 7.12. The molecule has 2 rings (SSSR count). The molecule has 0 radical (unpaired) electrons. The summed E-state index contributed by atoms with van der Waals surface area (Å²) < 4.78 is 28.1. The van der Waals surface area contributed by atoms with Crippen LogP contribution in [0.5, 0.6) is 5.75 Å². The molecule has 1 aromatic carbocycles. The molecule has 1 aliphatic carbocycles. The van der Waals surface area contributed by atoms with Crippen LogP contribution >= 0.6 is 11.6 Å². The van der Waals surface area contributed by atoms with E-state index in [1.165, 1.54) is 0 Å². The van der Waals surface area contributed by atoms with Crippen molar-refractivity contribution >= 4 is 17.5 Å². The molecule has 0 heterocycles. The molecule has 1 amide bonds. The van der Waals surface area contributed by atoms with Gasteiger partial charge in [0.1, 0.15) is 5.82 Å². The van der Waals surface area contributed by atoms with Gasteiger partial charge >= 0.3 is 0 Å². The molecule has 1 aliphatic rings. The molecule has 0 saturated heterocycles. The van der Waals surface area contributed by atoms with Crippen LogP contribution in [0.2, 0.25) is 5.02 Å². The van der Waals surface area contributed by atoms with Crippen LogP contribution in [0.15, 0.2) is 6.07 Å². The number of carbonyl (C=O) groups is 1. The number of hydrogen-bond donors (Lipinski definition) is 2. The van der Waals surface area contributed by atoms with Gasteiger partial charge in [0.05, 0.1) is 16.6 Å². The van der Waals surface area contributed by atoms with Gasteiger partial charge in [0.2, 0.25) is 5.91 Å². The highest BCUT2D eigenvalue weighted by Gasteiger charge is 2.29. The summed E-state index contributed by atoms with van der Waals surface area (Å²) in [7, 11) is 0. The molecule has 2 N–H and O–H groups in total. The third-order valence-corrected chi connectivity index (χ3v) is 4.25. The second-order valence-corrected chi connectivity index (χ2v) is 5.78. The molecule has 0 bridgehead atoms. The van der Waals surface area contributed by atoms with Crippen LogP contribution in [0, 0.1) is 17.6 Å². The van der Waals surface area contributed by atoms with Crippen molar-refractivity contribution in [3.8, 4) is 5.75 Å². The van der Waals surface area contributed by atoms with E-state index in [1.807, 2.05) is 0 Å². The topological polar surface area (TPSA) is 49.3 Å². The maximum absolute atomic E-state index is 14.1. The first-order valence-corrected chi connectivity index (χ1v) is 7.50. The van der Waals surface area contributed by atoms with Crippen LogP contribution in [0.3, 0.4) is 0 Å². The smallest absolute Gasteiger partial charge is 0.223 e. The van der Waals surface area contributed by atoms with Gasteiger partial charge in [-0.3, -0.25) is 4.79 Å². The Labute approximate surface area is 127 Å². The van der Waals surface area contributed by atoms with Crippen molar-refractivity contribution in [1.29, 1.82) is 0 Å². The minimum absolute atomic E-state index is 0.0991. The van der Waals surface area contributed by atoms with Crippen molar-refractivity contribution in [2.24, 2.45) is 5.92 Å². The van der Waals surface area contributed by atoms with Gasteiger partial charge in [0, 0.05) is 12.0 Å². The quantitative estimate of drug-likeness (QED) is 0.822. The summed E-state index contributed by atoms with van der Waals surface area (Å²) in [4.78, 5) is 12.1. The first-order chi connectivity index (χ1) is 9.95. The number of amides is 1. The largest absolute Gasteiger partial charge is 0.505 e. The predicted octanol–water partition coefficient (Wildman–Crippen LogP) is 4.08. The van der Waals surface area contributed by atoms with Crippen LogP contribution in [0.1, 0.15) is 50.6 Å². The number of benzene rings is 1. The van der Waals surface area contributed by atoms with Crippen LogP contribution in [0.4, 0.5) is 8.78 Å². The average Bonchev–Trinajstić information content (AvgIpc) is 2.98. The van der Waals surface area contributed by atoms with E-state index in [0.29, 0.717) is 6.42 Å². The molecule has 21 heavy (non-hydrogen) atoms. The zero-order chi connectivity index (χ0) is 15.6. The standard InChI is InChI=1S/C15H18ClF2NO2/c1-2-10(19-15(21)8-5-3-4-6-8)12-13(17)9(16)7-11(20)14(12)18/h7-8,10,20H,2-6H2,1H3,(H,19,21). The lowest BCUT2D eigenvalue weighted by Gasteiger charge is -2.21. The molecular formula is C15H18ClF2NO2. The van der Waals surface area contributed by atoms with Crippen LogP contribution < -0.4 is 5.32 Å². The molecule has 3 nitrogen and oxygen atoms in total. The fourth-order valence-corrected chi connectivity index (χ4v) is 2.98. The minimum atomic E-state index is -1.07. The fourth-order valence-electron chi connectivity index (χ4n) is 2.77. The molecule has 1 atom stereocenters. The summed E-state index contributed by atoms with van der Waals surface area (Å²) in [5.74, 6) is -3.03. The summed E-state index contributed by atoms with van der Waals surface area (Å²) >= 11 is 5.64. The molecule has 1 saturated carbocycles. The zero-order valence-corrected chi connectivity index (χ0v) is 12.5. The van der Waals surface area contributed by atoms with E-state index in [-0.39, 0.29) is 22.4 Å². The maximum Gasteiger partial charge on any atom is 0.223 e. The first kappa shape index (κ1) is 16.0.